The van der Waals surface area contributed by atoms with Crippen LogP contribution >= 0.6 is 27.3 Å². The van der Waals surface area contributed by atoms with Gasteiger partial charge in [-0.15, -0.1) is 11.3 Å². The van der Waals surface area contributed by atoms with Crippen molar-refractivity contribution in [2.24, 2.45) is 0 Å². The topological polar surface area (TPSA) is 43.1 Å². The number of thiophene rings is 1. The monoisotopic (exact) mass is 459 g/mol. The minimum absolute atomic E-state index is 0.103. The highest BCUT2D eigenvalue weighted by Gasteiger charge is 2.22. The molecule has 5 heteroatoms. The van der Waals surface area contributed by atoms with Crippen LogP contribution < -0.4 is 0 Å². The maximum absolute atomic E-state index is 11.8. The summed E-state index contributed by atoms with van der Waals surface area (Å²) in [5, 5.41) is 14.1. The summed E-state index contributed by atoms with van der Waals surface area (Å²) in [6.45, 7) is 0. The normalized spacial score (nSPS) is 11.2. The van der Waals surface area contributed by atoms with Crippen LogP contribution in [0.5, 0.6) is 0 Å². The van der Waals surface area contributed by atoms with E-state index in [2.05, 4.69) is 46.3 Å². The quantitative estimate of drug-likeness (QED) is 0.202. The molecule has 0 unspecified atom stereocenters. The zero-order chi connectivity index (χ0) is 20.0. The van der Waals surface area contributed by atoms with Crippen LogP contribution in [-0.4, -0.2) is 4.92 Å². The molecular formula is C24H14BrNO2S. The number of nitro benzene ring substituents is 1. The molecule has 1 aromatic heterocycles. The molecule has 5 aromatic rings. The largest absolute Gasteiger partial charge is 0.277 e. The molecule has 0 saturated heterocycles. The van der Waals surface area contributed by atoms with Crippen LogP contribution in [0.1, 0.15) is 0 Å². The van der Waals surface area contributed by atoms with E-state index < -0.39 is 0 Å². The van der Waals surface area contributed by atoms with Crippen molar-refractivity contribution in [2.45, 2.75) is 0 Å². The van der Waals surface area contributed by atoms with Crippen molar-refractivity contribution in [3.63, 3.8) is 0 Å². The number of hydrogen-bond acceptors (Lipinski definition) is 3. The zero-order valence-corrected chi connectivity index (χ0v) is 17.5. The van der Waals surface area contributed by atoms with Gasteiger partial charge in [-0.25, -0.2) is 0 Å². The van der Waals surface area contributed by atoms with Gasteiger partial charge in [-0.2, -0.15) is 0 Å². The second kappa shape index (κ2) is 7.10. The van der Waals surface area contributed by atoms with Gasteiger partial charge in [0.25, 0.3) is 5.69 Å². The van der Waals surface area contributed by atoms with Gasteiger partial charge in [-0.3, -0.25) is 10.1 Å². The van der Waals surface area contributed by atoms with Gasteiger partial charge in [0.05, 0.1) is 10.5 Å². The Morgan fingerprint density at radius 1 is 0.793 bits per heavy atom. The summed E-state index contributed by atoms with van der Waals surface area (Å²) >= 11 is 5.21. The number of nitrogens with zero attached hydrogens (tertiary/aromatic N) is 1. The predicted molar refractivity (Wildman–Crippen MR) is 125 cm³/mol. The number of nitro groups is 1. The summed E-state index contributed by atoms with van der Waals surface area (Å²) in [5.41, 5.74) is 3.66. The van der Waals surface area contributed by atoms with Gasteiger partial charge in [0.1, 0.15) is 0 Å². The first kappa shape index (κ1) is 18.0. The van der Waals surface area contributed by atoms with E-state index in [0.717, 1.165) is 25.9 Å². The van der Waals surface area contributed by atoms with Crippen molar-refractivity contribution in [1.82, 2.24) is 0 Å². The lowest BCUT2D eigenvalue weighted by atomic mass is 9.92. The Morgan fingerprint density at radius 3 is 2.34 bits per heavy atom. The molecule has 140 valence electrons. The van der Waals surface area contributed by atoms with Crippen LogP contribution in [0.3, 0.4) is 0 Å². The van der Waals surface area contributed by atoms with Gasteiger partial charge in [0, 0.05) is 36.3 Å². The zero-order valence-electron chi connectivity index (χ0n) is 15.1. The molecule has 5 rings (SSSR count). The molecular weight excluding hydrogens is 446 g/mol. The molecule has 1 heterocycles. The molecule has 0 fully saturated rings. The van der Waals surface area contributed by atoms with Crippen molar-refractivity contribution < 1.29 is 4.92 Å². The van der Waals surface area contributed by atoms with Crippen molar-refractivity contribution in [3.05, 3.63) is 99.5 Å². The fourth-order valence-electron chi connectivity index (χ4n) is 3.79. The third-order valence-corrected chi connectivity index (χ3v) is 6.75. The predicted octanol–water partition coefficient (Wildman–Crippen LogP) is 8.06. The molecule has 0 saturated carbocycles. The molecule has 3 nitrogen and oxygen atoms in total. The van der Waals surface area contributed by atoms with Crippen LogP contribution in [0.4, 0.5) is 5.69 Å². The lowest BCUT2D eigenvalue weighted by Gasteiger charge is -2.13. The van der Waals surface area contributed by atoms with E-state index in [4.69, 9.17) is 0 Å². The van der Waals surface area contributed by atoms with Crippen LogP contribution in [-0.2, 0) is 0 Å². The molecule has 0 atom stereocenters. The molecule has 4 aromatic carbocycles. The van der Waals surface area contributed by atoms with Crippen molar-refractivity contribution in [2.75, 3.05) is 0 Å². The van der Waals surface area contributed by atoms with E-state index in [-0.39, 0.29) is 10.6 Å². The summed E-state index contributed by atoms with van der Waals surface area (Å²) in [6.07, 6.45) is 0. The van der Waals surface area contributed by atoms with E-state index in [1.165, 1.54) is 15.5 Å². The standard InChI is InChI=1S/C24H14BrNO2S/c25-16-10-13-21(26(27)28)20(14-16)18-11-12-19-17-8-4-5-9-22(17)29-24(19)23(18)15-6-2-1-3-7-15/h1-14H. The second-order valence-corrected chi connectivity index (χ2v) is 8.72. The van der Waals surface area contributed by atoms with E-state index in [1.54, 1.807) is 23.5 Å². The number of fused-ring (bicyclic) bond motifs is 3. The van der Waals surface area contributed by atoms with Gasteiger partial charge in [-0.05, 0) is 29.3 Å². The molecule has 0 bridgehead atoms. The van der Waals surface area contributed by atoms with Crippen molar-refractivity contribution in [1.29, 1.82) is 0 Å². The third kappa shape index (κ3) is 3.03. The molecule has 0 aliphatic carbocycles. The lowest BCUT2D eigenvalue weighted by molar-refractivity contribution is -0.384. The highest BCUT2D eigenvalue weighted by atomic mass is 79.9. The Balaban J connectivity index is 1.94. The number of benzene rings is 4. The SMILES string of the molecule is O=[N+]([O-])c1ccc(Br)cc1-c1ccc2c(sc3ccccc32)c1-c1ccccc1. The van der Waals surface area contributed by atoms with Crippen molar-refractivity contribution >= 4 is 53.1 Å². The summed E-state index contributed by atoms with van der Waals surface area (Å²) in [4.78, 5) is 11.4. The smallest absolute Gasteiger partial charge is 0.258 e. The Bertz CT molecular complexity index is 1390. The fourth-order valence-corrected chi connectivity index (χ4v) is 5.42. The Hall–Kier alpha value is -3.02. The average Bonchev–Trinajstić information content (AvgIpc) is 3.12. The van der Waals surface area contributed by atoms with E-state index >= 15 is 0 Å². The summed E-state index contributed by atoms with van der Waals surface area (Å²) in [5.74, 6) is 0. The molecule has 0 aliphatic rings. The second-order valence-electron chi connectivity index (χ2n) is 6.75. The molecule has 0 N–H and O–H groups in total. The van der Waals surface area contributed by atoms with Gasteiger partial charge < -0.3 is 0 Å². The minimum Gasteiger partial charge on any atom is -0.258 e. The van der Waals surface area contributed by atoms with Crippen LogP contribution in [0.25, 0.3) is 42.4 Å². The highest BCUT2D eigenvalue weighted by molar-refractivity contribution is 9.10. The number of halogens is 1. The average molecular weight is 460 g/mol. The summed E-state index contributed by atoms with van der Waals surface area (Å²) in [6, 6.07) is 27.6. The number of rotatable bonds is 3. The first-order valence-electron chi connectivity index (χ1n) is 9.07. The van der Waals surface area contributed by atoms with Gasteiger partial charge in [0.15, 0.2) is 0 Å². The summed E-state index contributed by atoms with van der Waals surface area (Å²) < 4.78 is 3.17. The fraction of sp³-hybridized carbons (Fsp3) is 0. The highest BCUT2D eigenvalue weighted by Crippen LogP contribution is 2.46. The molecule has 0 aliphatic heterocycles. The number of hydrogen-bond donors (Lipinski definition) is 0. The minimum atomic E-state index is -0.314. The van der Waals surface area contributed by atoms with Crippen molar-refractivity contribution in [3.8, 4) is 22.3 Å². The van der Waals surface area contributed by atoms with Gasteiger partial charge >= 0.3 is 0 Å². The van der Waals surface area contributed by atoms with Crippen LogP contribution in [0.2, 0.25) is 0 Å². The third-order valence-electron chi connectivity index (χ3n) is 5.05. The molecule has 0 spiro atoms. The maximum Gasteiger partial charge on any atom is 0.277 e. The maximum atomic E-state index is 11.8. The lowest BCUT2D eigenvalue weighted by Crippen LogP contribution is -1.94. The molecule has 0 amide bonds. The van der Waals surface area contributed by atoms with E-state index in [9.17, 15) is 10.1 Å². The Kier molecular flexibility index (Phi) is 4.42. The van der Waals surface area contributed by atoms with Crippen LogP contribution in [0.15, 0.2) is 89.4 Å². The Morgan fingerprint density at radius 2 is 1.55 bits per heavy atom. The van der Waals surface area contributed by atoms with E-state index in [0.29, 0.717) is 5.56 Å². The first-order chi connectivity index (χ1) is 14.1. The molecule has 29 heavy (non-hydrogen) atoms. The summed E-state index contributed by atoms with van der Waals surface area (Å²) in [7, 11) is 0. The molecule has 0 radical (unpaired) electrons. The van der Waals surface area contributed by atoms with Gasteiger partial charge in [-0.1, -0.05) is 76.6 Å². The van der Waals surface area contributed by atoms with E-state index in [1.807, 2.05) is 42.5 Å². The Labute approximate surface area is 179 Å². The van der Waals surface area contributed by atoms with Gasteiger partial charge in [0.2, 0.25) is 0 Å². The van der Waals surface area contributed by atoms with Crippen LogP contribution in [0, 0.1) is 10.1 Å². The first-order valence-corrected chi connectivity index (χ1v) is 10.7.